The second kappa shape index (κ2) is 6.51. The van der Waals surface area contributed by atoms with E-state index in [1.54, 1.807) is 0 Å². The van der Waals surface area contributed by atoms with Gasteiger partial charge in [-0.15, -0.1) is 0 Å². The molecule has 0 aromatic heterocycles. The monoisotopic (exact) mass is 421 g/mol. The van der Waals surface area contributed by atoms with Crippen LogP contribution in [0.1, 0.15) is 0 Å². The highest BCUT2D eigenvalue weighted by atomic mass is 35.5. The number of ether oxygens (including phenoxy) is 1. The van der Waals surface area contributed by atoms with Crippen LogP contribution in [0.2, 0.25) is 0 Å². The molecular formula is C10H11Cl2F10NO. The molecule has 2 atom stereocenters. The van der Waals surface area contributed by atoms with E-state index in [-0.39, 0.29) is 7.11 Å². The minimum atomic E-state index is -6.78. The molecule has 0 aliphatic rings. The number of methoxy groups -OCH3 is 1. The van der Waals surface area contributed by atoms with Crippen LogP contribution in [-0.4, -0.2) is 66.8 Å². The van der Waals surface area contributed by atoms with Gasteiger partial charge in [-0.2, -0.15) is 39.5 Å². The Balaban J connectivity index is 6.59. The van der Waals surface area contributed by atoms with E-state index in [2.05, 4.69) is 27.9 Å². The maximum atomic E-state index is 14.1. The molecule has 0 spiro atoms. The van der Waals surface area contributed by atoms with Crippen molar-refractivity contribution in [1.82, 2.24) is 4.90 Å². The first-order chi connectivity index (χ1) is 10.2. The Morgan fingerprint density at radius 3 is 1.38 bits per heavy atom. The van der Waals surface area contributed by atoms with E-state index in [1.807, 2.05) is 0 Å². The van der Waals surface area contributed by atoms with Gasteiger partial charge in [-0.3, -0.25) is 0 Å². The normalized spacial score (nSPS) is 20.0. The molecule has 0 aromatic rings. The summed E-state index contributed by atoms with van der Waals surface area (Å²) in [7, 11) is 1.52. The van der Waals surface area contributed by atoms with E-state index in [9.17, 15) is 43.9 Å². The van der Waals surface area contributed by atoms with Gasteiger partial charge in [-0.05, 0) is 25.7 Å². The molecule has 2 unspecified atom stereocenters. The molecule has 0 rings (SSSR count). The largest absolute Gasteiger partial charge is 0.425 e. The van der Waals surface area contributed by atoms with Crippen molar-refractivity contribution in [1.29, 1.82) is 0 Å². The molecule has 0 aromatic carbocycles. The summed E-state index contributed by atoms with van der Waals surface area (Å²) in [6.07, 6.45) is -6.23. The molecule has 146 valence electrons. The summed E-state index contributed by atoms with van der Waals surface area (Å²) in [5, 5.41) is -11.9. The lowest BCUT2D eigenvalue weighted by Gasteiger charge is -2.46. The fraction of sp³-hybridized carbons (Fsp3) is 1.00. The van der Waals surface area contributed by atoms with Crippen molar-refractivity contribution in [3.8, 4) is 0 Å². The molecule has 0 saturated heterocycles. The highest BCUT2D eigenvalue weighted by molar-refractivity contribution is 6.33. The average molecular weight is 422 g/mol. The first-order valence-corrected chi connectivity index (χ1v) is 6.45. The summed E-state index contributed by atoms with van der Waals surface area (Å²) in [4.78, 5) is 0.355. The Labute approximate surface area is 139 Å². The quantitative estimate of drug-likeness (QED) is 0.443. The number of alkyl halides is 12. The van der Waals surface area contributed by atoms with Crippen LogP contribution in [0.15, 0.2) is 0 Å². The summed E-state index contributed by atoms with van der Waals surface area (Å²) >= 11 is 8.07. The molecule has 0 amide bonds. The van der Waals surface area contributed by atoms with Gasteiger partial charge in [0.05, 0.1) is 0 Å². The van der Waals surface area contributed by atoms with Gasteiger partial charge < -0.3 is 9.64 Å². The summed E-state index contributed by atoms with van der Waals surface area (Å²) in [5.74, 6) is -13.4. The number of rotatable bonds is 7. The van der Waals surface area contributed by atoms with Gasteiger partial charge in [-0.1, -0.05) is 11.6 Å². The molecule has 0 fully saturated rings. The minimum absolute atomic E-state index is 0.0199. The third-order valence-electron chi connectivity index (χ3n) is 3.00. The van der Waals surface area contributed by atoms with Crippen LogP contribution in [0.25, 0.3) is 0 Å². The third-order valence-corrected chi connectivity index (χ3v) is 3.83. The molecule has 0 aliphatic carbocycles. The van der Waals surface area contributed by atoms with Gasteiger partial charge in [0.25, 0.3) is 0 Å². The van der Waals surface area contributed by atoms with Gasteiger partial charge in [0.1, 0.15) is 0 Å². The zero-order valence-electron chi connectivity index (χ0n) is 12.1. The maximum absolute atomic E-state index is 14.1. The van der Waals surface area contributed by atoms with Crippen molar-refractivity contribution in [3.05, 3.63) is 0 Å². The van der Waals surface area contributed by atoms with Crippen molar-refractivity contribution in [3.63, 3.8) is 0 Å². The fourth-order valence-corrected chi connectivity index (χ4v) is 1.99. The summed E-state index contributed by atoms with van der Waals surface area (Å²) in [5.41, 5.74) is -5.07. The van der Waals surface area contributed by atoms with Crippen LogP contribution in [0.5, 0.6) is 0 Å². The van der Waals surface area contributed by atoms with E-state index < -0.39 is 40.7 Å². The van der Waals surface area contributed by atoms with Crippen molar-refractivity contribution in [2.24, 2.45) is 0 Å². The van der Waals surface area contributed by atoms with Gasteiger partial charge >= 0.3 is 28.5 Å². The minimum Gasteiger partial charge on any atom is -0.362 e. The van der Waals surface area contributed by atoms with Crippen molar-refractivity contribution in [2.75, 3.05) is 27.7 Å². The SMILES string of the molecule is COC(CN(C)C)(C(F)(F)F)C(F)(F)C(F)(F)C(F)(Cl)C(F)(F)Cl. The number of hydrogen-bond acceptors (Lipinski definition) is 2. The van der Waals surface area contributed by atoms with Gasteiger partial charge in [0.15, 0.2) is 0 Å². The second-order valence-corrected chi connectivity index (χ2v) is 5.98. The number of halogens is 12. The molecule has 0 radical (unpaired) electrons. The molecule has 0 aliphatic heterocycles. The molecule has 24 heavy (non-hydrogen) atoms. The van der Waals surface area contributed by atoms with Crippen molar-refractivity contribution in [2.45, 2.75) is 34.1 Å². The Morgan fingerprint density at radius 2 is 1.17 bits per heavy atom. The molecule has 0 bridgehead atoms. The van der Waals surface area contributed by atoms with Gasteiger partial charge in [-0.25, -0.2) is 4.39 Å². The third kappa shape index (κ3) is 3.38. The van der Waals surface area contributed by atoms with E-state index in [4.69, 9.17) is 0 Å². The topological polar surface area (TPSA) is 12.5 Å². The molecule has 14 heteroatoms. The van der Waals surface area contributed by atoms with Crippen LogP contribution >= 0.6 is 23.2 Å². The number of nitrogens with zero attached hydrogens (tertiary/aromatic N) is 1. The van der Waals surface area contributed by atoms with E-state index in [0.717, 1.165) is 14.1 Å². The highest BCUT2D eigenvalue weighted by Gasteiger charge is 2.87. The number of hydrogen-bond donors (Lipinski definition) is 0. The van der Waals surface area contributed by atoms with Crippen LogP contribution in [0.4, 0.5) is 43.9 Å². The Morgan fingerprint density at radius 1 is 0.792 bits per heavy atom. The lowest BCUT2D eigenvalue weighted by Crippen LogP contribution is -2.75. The van der Waals surface area contributed by atoms with E-state index in [0.29, 0.717) is 4.90 Å². The standard InChI is InChI=1S/C10H11Cl2F10NO/c1-23(2)4-5(24-3,10(20,21)22)7(14,15)8(16,17)6(11,13)9(12,18)19/h4H2,1-3H3. The van der Waals surface area contributed by atoms with E-state index in [1.165, 1.54) is 0 Å². The van der Waals surface area contributed by atoms with Crippen molar-refractivity contribution >= 4 is 23.2 Å². The van der Waals surface area contributed by atoms with Crippen molar-refractivity contribution < 1.29 is 48.6 Å². The Bertz CT molecular complexity index is 448. The fourth-order valence-electron chi connectivity index (χ4n) is 1.75. The first kappa shape index (κ1) is 23.8. The van der Waals surface area contributed by atoms with Crippen LogP contribution in [-0.2, 0) is 4.74 Å². The molecule has 0 saturated carbocycles. The smallest absolute Gasteiger partial charge is 0.362 e. The average Bonchev–Trinajstić information content (AvgIpc) is 2.31. The maximum Gasteiger partial charge on any atom is 0.425 e. The summed E-state index contributed by atoms with van der Waals surface area (Å²) < 4.78 is 137. The van der Waals surface area contributed by atoms with Crippen LogP contribution < -0.4 is 0 Å². The predicted molar refractivity (Wildman–Crippen MR) is 64.7 cm³/mol. The second-order valence-electron chi connectivity index (χ2n) is 4.99. The lowest BCUT2D eigenvalue weighted by atomic mass is 9.86. The van der Waals surface area contributed by atoms with Crippen LogP contribution in [0.3, 0.4) is 0 Å². The Kier molecular flexibility index (Phi) is 6.45. The van der Waals surface area contributed by atoms with Gasteiger partial charge in [0, 0.05) is 13.7 Å². The molecule has 0 N–H and O–H groups in total. The first-order valence-electron chi connectivity index (χ1n) is 5.69. The Hall–Kier alpha value is -0.200. The number of likely N-dealkylation sites (N-methyl/N-ethyl adjacent to an activating group) is 1. The zero-order chi connectivity index (χ0) is 20.0. The van der Waals surface area contributed by atoms with Crippen LogP contribution in [0, 0.1) is 0 Å². The molecular weight excluding hydrogens is 411 g/mol. The summed E-state index contributed by atoms with van der Waals surface area (Å²) in [6.45, 7) is -1.96. The molecule has 0 heterocycles. The zero-order valence-corrected chi connectivity index (χ0v) is 13.6. The highest BCUT2D eigenvalue weighted by Crippen LogP contribution is 2.61. The lowest BCUT2D eigenvalue weighted by molar-refractivity contribution is -0.400. The van der Waals surface area contributed by atoms with E-state index >= 15 is 0 Å². The van der Waals surface area contributed by atoms with Gasteiger partial charge in [0.2, 0.25) is 5.60 Å². The predicted octanol–water partition coefficient (Wildman–Crippen LogP) is 4.50. The molecule has 2 nitrogen and oxygen atoms in total. The summed E-state index contributed by atoms with van der Waals surface area (Å²) in [6, 6.07) is 0.